The van der Waals surface area contributed by atoms with Crippen molar-refractivity contribution >= 4 is 0 Å². The first-order valence-corrected chi connectivity index (χ1v) is 5.87. The standard InChI is InChI=1S/C11H24N2O/c1-12-11-6-5-8-13(10-11)7-3-2-4-9-14/h11-12,14H,2-10H2,1H3. The average molecular weight is 200 g/mol. The number of nitrogens with one attached hydrogen (secondary N) is 1. The zero-order valence-corrected chi connectivity index (χ0v) is 9.34. The topological polar surface area (TPSA) is 35.5 Å². The van der Waals surface area contributed by atoms with E-state index in [1.165, 1.54) is 38.9 Å². The number of likely N-dealkylation sites (tertiary alicyclic amines) is 1. The molecular weight excluding hydrogens is 176 g/mol. The smallest absolute Gasteiger partial charge is 0.0431 e. The molecule has 84 valence electrons. The number of piperidine rings is 1. The fourth-order valence-corrected chi connectivity index (χ4v) is 2.12. The van der Waals surface area contributed by atoms with Gasteiger partial charge in [0.05, 0.1) is 0 Å². The highest BCUT2D eigenvalue weighted by atomic mass is 16.2. The molecule has 0 saturated carbocycles. The van der Waals surface area contributed by atoms with E-state index in [2.05, 4.69) is 17.3 Å². The van der Waals surface area contributed by atoms with Crippen molar-refractivity contribution in [2.24, 2.45) is 0 Å². The van der Waals surface area contributed by atoms with Crippen molar-refractivity contribution < 1.29 is 5.11 Å². The molecular formula is C11H24N2O. The number of rotatable bonds is 6. The maximum absolute atomic E-state index is 8.66. The van der Waals surface area contributed by atoms with Crippen LogP contribution in [-0.4, -0.2) is 49.3 Å². The lowest BCUT2D eigenvalue weighted by atomic mass is 10.1. The van der Waals surface area contributed by atoms with Gasteiger partial charge in [-0.1, -0.05) is 0 Å². The summed E-state index contributed by atoms with van der Waals surface area (Å²) in [6.07, 6.45) is 6.01. The summed E-state index contributed by atoms with van der Waals surface area (Å²) in [7, 11) is 2.06. The van der Waals surface area contributed by atoms with Crippen molar-refractivity contribution in [2.75, 3.05) is 33.3 Å². The molecule has 0 aromatic carbocycles. The third-order valence-electron chi connectivity index (χ3n) is 3.05. The minimum atomic E-state index is 0.346. The Hall–Kier alpha value is -0.120. The van der Waals surface area contributed by atoms with Gasteiger partial charge in [-0.25, -0.2) is 0 Å². The van der Waals surface area contributed by atoms with E-state index in [9.17, 15) is 0 Å². The molecule has 1 rings (SSSR count). The molecule has 3 nitrogen and oxygen atoms in total. The van der Waals surface area contributed by atoms with Gasteiger partial charge < -0.3 is 15.3 Å². The highest BCUT2D eigenvalue weighted by molar-refractivity contribution is 4.76. The van der Waals surface area contributed by atoms with Crippen LogP contribution in [0, 0.1) is 0 Å². The van der Waals surface area contributed by atoms with Gasteiger partial charge >= 0.3 is 0 Å². The van der Waals surface area contributed by atoms with Crippen molar-refractivity contribution in [1.29, 1.82) is 0 Å². The Morgan fingerprint density at radius 1 is 1.36 bits per heavy atom. The first-order valence-electron chi connectivity index (χ1n) is 5.87. The number of hydrogen-bond acceptors (Lipinski definition) is 3. The summed E-state index contributed by atoms with van der Waals surface area (Å²) in [5.41, 5.74) is 0. The highest BCUT2D eigenvalue weighted by Gasteiger charge is 2.17. The van der Waals surface area contributed by atoms with E-state index in [1.807, 2.05) is 0 Å². The summed E-state index contributed by atoms with van der Waals surface area (Å²) in [6, 6.07) is 0.696. The number of unbranched alkanes of at least 4 members (excludes halogenated alkanes) is 2. The van der Waals surface area contributed by atoms with Gasteiger partial charge in [-0.15, -0.1) is 0 Å². The first-order chi connectivity index (χ1) is 6.86. The molecule has 0 radical (unpaired) electrons. The number of likely N-dealkylation sites (N-methyl/N-ethyl adjacent to an activating group) is 1. The normalized spacial score (nSPS) is 24.0. The van der Waals surface area contributed by atoms with Crippen LogP contribution >= 0.6 is 0 Å². The van der Waals surface area contributed by atoms with E-state index >= 15 is 0 Å². The van der Waals surface area contributed by atoms with Gasteiger partial charge in [0.2, 0.25) is 0 Å². The molecule has 1 fully saturated rings. The summed E-state index contributed by atoms with van der Waals surface area (Å²) in [5, 5.41) is 12.0. The zero-order chi connectivity index (χ0) is 10.2. The molecule has 1 unspecified atom stereocenters. The van der Waals surface area contributed by atoms with Gasteiger partial charge in [0.1, 0.15) is 0 Å². The van der Waals surface area contributed by atoms with Crippen LogP contribution in [0.2, 0.25) is 0 Å². The maximum Gasteiger partial charge on any atom is 0.0431 e. The summed E-state index contributed by atoms with van der Waals surface area (Å²) < 4.78 is 0. The fourth-order valence-electron chi connectivity index (χ4n) is 2.12. The fraction of sp³-hybridized carbons (Fsp3) is 1.00. The minimum Gasteiger partial charge on any atom is -0.396 e. The summed E-state index contributed by atoms with van der Waals surface area (Å²) >= 11 is 0. The SMILES string of the molecule is CNC1CCCN(CCCCCO)C1. The van der Waals surface area contributed by atoms with Gasteiger partial charge in [-0.05, 0) is 52.2 Å². The number of hydrogen-bond donors (Lipinski definition) is 2. The first kappa shape index (κ1) is 12.0. The van der Waals surface area contributed by atoms with E-state index < -0.39 is 0 Å². The van der Waals surface area contributed by atoms with E-state index in [-0.39, 0.29) is 0 Å². The number of aliphatic hydroxyl groups is 1. The van der Waals surface area contributed by atoms with Crippen LogP contribution in [0.15, 0.2) is 0 Å². The monoisotopic (exact) mass is 200 g/mol. The quantitative estimate of drug-likeness (QED) is 0.624. The molecule has 2 N–H and O–H groups in total. The molecule has 1 atom stereocenters. The van der Waals surface area contributed by atoms with Crippen LogP contribution in [0.5, 0.6) is 0 Å². The lowest BCUT2D eigenvalue weighted by Gasteiger charge is -2.32. The molecule has 1 aliphatic heterocycles. The Kier molecular flexibility index (Phi) is 6.15. The third kappa shape index (κ3) is 4.40. The Morgan fingerprint density at radius 3 is 2.93 bits per heavy atom. The van der Waals surface area contributed by atoms with Crippen LogP contribution in [0.25, 0.3) is 0 Å². The molecule has 0 amide bonds. The largest absolute Gasteiger partial charge is 0.396 e. The molecule has 0 bridgehead atoms. The minimum absolute atomic E-state index is 0.346. The van der Waals surface area contributed by atoms with E-state index in [0.717, 1.165) is 12.8 Å². The van der Waals surface area contributed by atoms with Gasteiger partial charge in [0, 0.05) is 19.2 Å². The van der Waals surface area contributed by atoms with Gasteiger partial charge in [0.15, 0.2) is 0 Å². The molecule has 0 aromatic heterocycles. The van der Waals surface area contributed by atoms with E-state index in [4.69, 9.17) is 5.11 Å². The molecule has 3 heteroatoms. The van der Waals surface area contributed by atoms with Gasteiger partial charge in [-0.2, -0.15) is 0 Å². The predicted molar refractivity (Wildman–Crippen MR) is 59.5 cm³/mol. The molecule has 0 aromatic rings. The Morgan fingerprint density at radius 2 is 2.21 bits per heavy atom. The molecule has 0 aliphatic carbocycles. The molecule has 14 heavy (non-hydrogen) atoms. The summed E-state index contributed by atoms with van der Waals surface area (Å²) in [5.74, 6) is 0. The maximum atomic E-state index is 8.66. The number of nitrogens with zero attached hydrogens (tertiary/aromatic N) is 1. The van der Waals surface area contributed by atoms with Crippen molar-refractivity contribution in [3.63, 3.8) is 0 Å². The molecule has 0 spiro atoms. The van der Waals surface area contributed by atoms with E-state index in [1.54, 1.807) is 0 Å². The van der Waals surface area contributed by atoms with Gasteiger partial charge in [-0.3, -0.25) is 0 Å². The zero-order valence-electron chi connectivity index (χ0n) is 9.34. The Bertz CT molecular complexity index is 141. The molecule has 1 aliphatic rings. The third-order valence-corrected chi connectivity index (χ3v) is 3.05. The van der Waals surface area contributed by atoms with Crippen LogP contribution in [0.4, 0.5) is 0 Å². The Balaban J connectivity index is 2.05. The summed E-state index contributed by atoms with van der Waals surface area (Å²) in [4.78, 5) is 2.54. The van der Waals surface area contributed by atoms with Crippen molar-refractivity contribution in [2.45, 2.75) is 38.1 Å². The van der Waals surface area contributed by atoms with Crippen molar-refractivity contribution in [3.05, 3.63) is 0 Å². The lowest BCUT2D eigenvalue weighted by Crippen LogP contribution is -2.44. The van der Waals surface area contributed by atoms with Crippen LogP contribution < -0.4 is 5.32 Å². The van der Waals surface area contributed by atoms with Crippen molar-refractivity contribution in [3.8, 4) is 0 Å². The van der Waals surface area contributed by atoms with Crippen LogP contribution in [0.3, 0.4) is 0 Å². The second-order valence-corrected chi connectivity index (χ2v) is 4.21. The second kappa shape index (κ2) is 7.21. The Labute approximate surface area is 87.5 Å². The van der Waals surface area contributed by atoms with Crippen LogP contribution in [0.1, 0.15) is 32.1 Å². The van der Waals surface area contributed by atoms with Crippen LogP contribution in [-0.2, 0) is 0 Å². The molecule has 1 saturated heterocycles. The highest BCUT2D eigenvalue weighted by Crippen LogP contribution is 2.10. The predicted octanol–water partition coefficient (Wildman–Crippen LogP) is 0.833. The second-order valence-electron chi connectivity index (χ2n) is 4.21. The van der Waals surface area contributed by atoms with E-state index in [0.29, 0.717) is 12.6 Å². The molecule has 1 heterocycles. The average Bonchev–Trinajstić information content (AvgIpc) is 2.25. The van der Waals surface area contributed by atoms with Crippen molar-refractivity contribution in [1.82, 2.24) is 10.2 Å². The van der Waals surface area contributed by atoms with Gasteiger partial charge in [0.25, 0.3) is 0 Å². The summed E-state index contributed by atoms with van der Waals surface area (Å²) in [6.45, 7) is 4.02. The lowest BCUT2D eigenvalue weighted by molar-refractivity contribution is 0.189. The number of aliphatic hydroxyl groups excluding tert-OH is 1.